The number of carbonyl (C=O) groups excluding carboxylic acids is 2. The van der Waals surface area contributed by atoms with Gasteiger partial charge in [-0.2, -0.15) is 5.10 Å². The molecule has 1 atom stereocenters. The Balaban J connectivity index is 0.00000132. The van der Waals surface area contributed by atoms with Gasteiger partial charge in [-0.25, -0.2) is 23.6 Å². The van der Waals surface area contributed by atoms with E-state index in [2.05, 4.69) is 15.4 Å². The average Bonchev–Trinajstić information content (AvgIpc) is 3.66. The van der Waals surface area contributed by atoms with Crippen LogP contribution in [0.1, 0.15) is 86.3 Å². The number of rotatable bonds is 7. The molecule has 0 saturated carbocycles. The minimum atomic E-state index is -0.966. The van der Waals surface area contributed by atoms with Crippen molar-refractivity contribution in [3.8, 4) is 0 Å². The first-order valence-electron chi connectivity index (χ1n) is 15.0. The molecule has 3 aromatic rings. The molecule has 244 valence electrons. The van der Waals surface area contributed by atoms with Gasteiger partial charge in [0.1, 0.15) is 27.2 Å². The van der Waals surface area contributed by atoms with Gasteiger partial charge in [-0.05, 0) is 57.4 Å². The summed E-state index contributed by atoms with van der Waals surface area (Å²) < 4.78 is 35.3. The van der Waals surface area contributed by atoms with Crippen LogP contribution in [-0.4, -0.2) is 44.3 Å². The van der Waals surface area contributed by atoms with Gasteiger partial charge >= 0.3 is 6.09 Å². The van der Waals surface area contributed by atoms with Gasteiger partial charge in [0.05, 0.1) is 6.33 Å². The van der Waals surface area contributed by atoms with Gasteiger partial charge in [-0.3, -0.25) is 4.79 Å². The maximum atomic E-state index is 14.4. The lowest BCUT2D eigenvalue weighted by molar-refractivity contribution is -0.121. The molecular formula is C33H49F2N5O3S. The van der Waals surface area contributed by atoms with Gasteiger partial charge in [0.2, 0.25) is 6.41 Å². The van der Waals surface area contributed by atoms with E-state index in [1.54, 1.807) is 33.3 Å². The monoisotopic (exact) mass is 633 g/mol. The molecule has 2 heterocycles. The largest absolute Gasteiger partial charge is 0.444 e. The number of aromatic nitrogens is 2. The number of hydrogen-bond donors (Lipinski definition) is 1. The van der Waals surface area contributed by atoms with Gasteiger partial charge in [0.15, 0.2) is 0 Å². The number of nitrogens with one attached hydrogen (secondary N) is 1. The highest BCUT2D eigenvalue weighted by Gasteiger charge is 2.45. The maximum Gasteiger partial charge on any atom is 0.407 e. The summed E-state index contributed by atoms with van der Waals surface area (Å²) in [5, 5.41) is 8.44. The van der Waals surface area contributed by atoms with E-state index in [0.29, 0.717) is 25.8 Å². The predicted molar refractivity (Wildman–Crippen MR) is 177 cm³/mol. The van der Waals surface area contributed by atoms with Crippen LogP contribution in [0.2, 0.25) is 0 Å². The highest BCUT2D eigenvalue weighted by atomic mass is 32.2. The first-order valence-corrected chi connectivity index (χ1v) is 15.8. The lowest BCUT2D eigenvalue weighted by Crippen LogP contribution is -2.38. The summed E-state index contributed by atoms with van der Waals surface area (Å²) >= 11 is 1.18. The lowest BCUT2D eigenvalue weighted by Gasteiger charge is -2.33. The standard InChI is InChI=1S/C23H25F2N3O3S.C4H6N2.3C2H6/c1-22(2,3)31-21(30)26-13-7-12-23(16-8-5-4-6-9-16)28(15-29)27-20(32-23)18-14-17(24)10-11-19(18)25;1-6-3-2-5-4-6;3*1-2/h4-6,8-11,14-15H,7,12-13H2,1-3H3,(H,26,30);2-4H,1H3;3*1-2H3. The minimum Gasteiger partial charge on any atom is -0.444 e. The molecule has 2 amide bonds. The third-order valence-corrected chi connectivity index (χ3v) is 6.77. The van der Waals surface area contributed by atoms with Crippen LogP contribution in [0.5, 0.6) is 0 Å². The smallest absolute Gasteiger partial charge is 0.407 e. The van der Waals surface area contributed by atoms with Crippen LogP contribution in [0, 0.1) is 11.6 Å². The van der Waals surface area contributed by atoms with E-state index in [4.69, 9.17) is 4.74 Å². The van der Waals surface area contributed by atoms with Crippen molar-refractivity contribution in [1.29, 1.82) is 0 Å². The molecule has 44 heavy (non-hydrogen) atoms. The fourth-order valence-corrected chi connectivity index (χ4v) is 5.04. The number of carbonyl (C=O) groups is 2. The van der Waals surface area contributed by atoms with Crippen LogP contribution < -0.4 is 5.32 Å². The predicted octanol–water partition coefficient (Wildman–Crippen LogP) is 8.49. The summed E-state index contributed by atoms with van der Waals surface area (Å²) in [6, 6.07) is 12.3. The zero-order chi connectivity index (χ0) is 33.8. The van der Waals surface area contributed by atoms with Gasteiger partial charge in [-0.1, -0.05) is 83.6 Å². The molecule has 1 N–H and O–H groups in total. The number of aryl methyl sites for hydroxylation is 1. The van der Waals surface area contributed by atoms with Crippen LogP contribution in [-0.2, 0) is 21.5 Å². The van der Waals surface area contributed by atoms with Crippen LogP contribution in [0.4, 0.5) is 13.6 Å². The Morgan fingerprint density at radius 3 is 2.18 bits per heavy atom. The number of amides is 2. The quantitative estimate of drug-likeness (QED) is 0.208. The highest BCUT2D eigenvalue weighted by Crippen LogP contribution is 2.49. The molecule has 0 aliphatic carbocycles. The summed E-state index contributed by atoms with van der Waals surface area (Å²) in [5.74, 6) is -1.22. The van der Waals surface area contributed by atoms with E-state index in [0.717, 1.165) is 23.8 Å². The van der Waals surface area contributed by atoms with Crippen molar-refractivity contribution in [2.75, 3.05) is 6.54 Å². The molecule has 4 rings (SSSR count). The zero-order valence-electron chi connectivity index (χ0n) is 27.7. The molecule has 0 radical (unpaired) electrons. The molecular weight excluding hydrogens is 584 g/mol. The highest BCUT2D eigenvalue weighted by molar-refractivity contribution is 8.15. The number of halogens is 2. The molecule has 0 saturated heterocycles. The summed E-state index contributed by atoms with van der Waals surface area (Å²) in [5.41, 5.74) is 0.166. The van der Waals surface area contributed by atoms with Gasteiger partial charge in [0, 0.05) is 31.5 Å². The van der Waals surface area contributed by atoms with Crippen molar-refractivity contribution in [1.82, 2.24) is 19.9 Å². The van der Waals surface area contributed by atoms with Crippen molar-refractivity contribution in [2.45, 2.75) is 85.6 Å². The van der Waals surface area contributed by atoms with E-state index < -0.39 is 28.2 Å². The summed E-state index contributed by atoms with van der Waals surface area (Å²) in [6.07, 6.45) is 6.32. The molecule has 8 nitrogen and oxygen atoms in total. The SMILES string of the molecule is CC.CC.CC.CC(C)(C)OC(=O)NCCCC1(c2ccccc2)SC(c2cc(F)ccc2F)=NN1C=O.Cn1ccnc1. The molecule has 2 aromatic carbocycles. The van der Waals surface area contributed by atoms with Gasteiger partial charge < -0.3 is 14.6 Å². The second-order valence-corrected chi connectivity index (χ2v) is 10.8. The second kappa shape index (κ2) is 21.1. The van der Waals surface area contributed by atoms with Crippen molar-refractivity contribution in [2.24, 2.45) is 12.1 Å². The van der Waals surface area contributed by atoms with Crippen LogP contribution in [0.25, 0.3) is 0 Å². The van der Waals surface area contributed by atoms with Gasteiger partial charge in [-0.15, -0.1) is 0 Å². The molecule has 1 aromatic heterocycles. The fraction of sp³-hybridized carbons (Fsp3) is 0.455. The topological polar surface area (TPSA) is 88.8 Å². The Labute approximate surface area is 266 Å². The molecule has 11 heteroatoms. The van der Waals surface area contributed by atoms with Crippen molar-refractivity contribution < 1.29 is 23.1 Å². The Morgan fingerprint density at radius 1 is 1.05 bits per heavy atom. The zero-order valence-corrected chi connectivity index (χ0v) is 28.5. The van der Waals surface area contributed by atoms with E-state index in [-0.39, 0.29) is 10.6 Å². The fourth-order valence-electron chi connectivity index (χ4n) is 3.64. The van der Waals surface area contributed by atoms with E-state index in [1.165, 1.54) is 16.8 Å². The molecule has 1 aliphatic rings. The lowest BCUT2D eigenvalue weighted by atomic mass is 10.0. The average molecular weight is 634 g/mol. The van der Waals surface area contributed by atoms with E-state index >= 15 is 0 Å². The summed E-state index contributed by atoms with van der Waals surface area (Å²) in [7, 11) is 1.94. The van der Waals surface area contributed by atoms with E-state index in [9.17, 15) is 18.4 Å². The Bertz CT molecular complexity index is 1250. The van der Waals surface area contributed by atoms with Crippen molar-refractivity contribution in [3.63, 3.8) is 0 Å². The minimum absolute atomic E-state index is 0.00784. The van der Waals surface area contributed by atoms with Gasteiger partial charge in [0.25, 0.3) is 0 Å². The third-order valence-electron chi connectivity index (χ3n) is 5.31. The second-order valence-electron chi connectivity index (χ2n) is 9.49. The van der Waals surface area contributed by atoms with Crippen LogP contribution >= 0.6 is 11.8 Å². The molecule has 0 bridgehead atoms. The van der Waals surface area contributed by atoms with Crippen molar-refractivity contribution >= 4 is 29.3 Å². The number of imidazole rings is 1. The number of nitrogens with zero attached hydrogens (tertiary/aromatic N) is 4. The number of hydrogen-bond acceptors (Lipinski definition) is 6. The van der Waals surface area contributed by atoms with Crippen molar-refractivity contribution in [3.05, 3.63) is 90.0 Å². The summed E-state index contributed by atoms with van der Waals surface area (Å²) in [4.78, 5) is 26.7. The Kier molecular flexibility index (Phi) is 19.3. The molecule has 0 fully saturated rings. The number of benzene rings is 2. The first-order chi connectivity index (χ1) is 21.0. The van der Waals surface area contributed by atoms with Crippen LogP contribution in [0.3, 0.4) is 0 Å². The third kappa shape index (κ3) is 12.9. The molecule has 1 unspecified atom stereocenters. The number of alkyl carbamates (subject to hydrolysis) is 1. The first kappa shape index (κ1) is 40.3. The molecule has 0 spiro atoms. The maximum absolute atomic E-state index is 14.4. The Morgan fingerprint density at radius 2 is 1.68 bits per heavy atom. The summed E-state index contributed by atoms with van der Waals surface area (Å²) in [6.45, 7) is 17.6. The normalized spacial score (nSPS) is 14.9. The molecule has 1 aliphatic heterocycles. The van der Waals surface area contributed by atoms with E-state index in [1.807, 2.05) is 89.7 Å². The Hall–Kier alpha value is -3.73. The number of hydrazone groups is 1. The van der Waals surface area contributed by atoms with Crippen LogP contribution in [0.15, 0.2) is 72.4 Å². The number of thioether (sulfide) groups is 1. The number of ether oxygens (including phenoxy) is 1.